The summed E-state index contributed by atoms with van der Waals surface area (Å²) in [7, 11) is 1.65. The maximum absolute atomic E-state index is 13.1. The number of carbonyl (C=O) groups is 1. The standard InChI is InChI=1S/C20H21ClN4O2S2/c1-13-8-9-15(12-16(13)21)23-18(26)17(14-6-4-3-5-7-14)28-20-25-24-19(29-20)22-10-11-27-2/h3-9,12,17H,10-11H2,1-2H3,(H,22,24)(H,23,26). The van der Waals surface area contributed by atoms with Crippen LogP contribution in [0, 0.1) is 6.92 Å². The van der Waals surface area contributed by atoms with Gasteiger partial charge in [0.15, 0.2) is 4.34 Å². The quantitative estimate of drug-likeness (QED) is 0.353. The Labute approximate surface area is 183 Å². The molecular formula is C20H21ClN4O2S2. The van der Waals surface area contributed by atoms with Crippen LogP contribution in [0.2, 0.25) is 5.02 Å². The smallest absolute Gasteiger partial charge is 0.242 e. The number of nitrogens with zero attached hydrogens (tertiary/aromatic N) is 2. The van der Waals surface area contributed by atoms with E-state index in [0.717, 1.165) is 11.1 Å². The predicted octanol–water partition coefficient (Wildman–Crippen LogP) is 5.03. The van der Waals surface area contributed by atoms with E-state index in [-0.39, 0.29) is 5.91 Å². The fourth-order valence-electron chi connectivity index (χ4n) is 2.47. The van der Waals surface area contributed by atoms with E-state index in [2.05, 4.69) is 20.8 Å². The van der Waals surface area contributed by atoms with E-state index in [1.54, 1.807) is 13.2 Å². The van der Waals surface area contributed by atoms with Gasteiger partial charge < -0.3 is 15.4 Å². The molecule has 1 unspecified atom stereocenters. The molecule has 0 fully saturated rings. The Hall–Kier alpha value is -2.13. The first-order chi connectivity index (χ1) is 14.1. The zero-order chi connectivity index (χ0) is 20.6. The van der Waals surface area contributed by atoms with Gasteiger partial charge in [-0.25, -0.2) is 0 Å². The third-order valence-corrected chi connectivity index (χ3v) is 6.61. The summed E-state index contributed by atoms with van der Waals surface area (Å²) in [5.74, 6) is -0.148. The van der Waals surface area contributed by atoms with Crippen LogP contribution in [0.5, 0.6) is 0 Å². The summed E-state index contributed by atoms with van der Waals surface area (Å²) < 4.78 is 5.73. The van der Waals surface area contributed by atoms with Gasteiger partial charge in [0.05, 0.1) is 6.61 Å². The van der Waals surface area contributed by atoms with Gasteiger partial charge in [0.2, 0.25) is 11.0 Å². The third-order valence-electron chi connectivity index (χ3n) is 3.99. The zero-order valence-electron chi connectivity index (χ0n) is 16.0. The average Bonchev–Trinajstić information content (AvgIpc) is 3.17. The third kappa shape index (κ3) is 6.17. The molecule has 1 atom stereocenters. The SMILES string of the molecule is COCCNc1nnc(SC(C(=O)Nc2ccc(C)c(Cl)c2)c2ccccc2)s1. The normalized spacial score (nSPS) is 11.8. The molecule has 3 rings (SSSR count). The summed E-state index contributed by atoms with van der Waals surface area (Å²) in [6, 6.07) is 15.1. The number of aryl methyl sites for hydroxylation is 1. The molecule has 9 heteroatoms. The van der Waals surface area contributed by atoms with Gasteiger partial charge in [0, 0.05) is 24.4 Å². The zero-order valence-corrected chi connectivity index (χ0v) is 18.4. The van der Waals surface area contributed by atoms with E-state index < -0.39 is 5.25 Å². The van der Waals surface area contributed by atoms with Gasteiger partial charge in [0.25, 0.3) is 0 Å². The average molecular weight is 449 g/mol. The van der Waals surface area contributed by atoms with E-state index in [1.165, 1.54) is 23.1 Å². The van der Waals surface area contributed by atoms with Gasteiger partial charge in [-0.2, -0.15) is 0 Å². The van der Waals surface area contributed by atoms with E-state index in [9.17, 15) is 4.79 Å². The van der Waals surface area contributed by atoms with Crippen molar-refractivity contribution in [3.63, 3.8) is 0 Å². The lowest BCUT2D eigenvalue weighted by Gasteiger charge is -2.16. The highest BCUT2D eigenvalue weighted by Gasteiger charge is 2.24. The molecule has 0 aliphatic carbocycles. The Balaban J connectivity index is 1.76. The lowest BCUT2D eigenvalue weighted by molar-refractivity contribution is -0.115. The minimum Gasteiger partial charge on any atom is -0.383 e. The molecule has 0 aliphatic heterocycles. The molecule has 0 spiro atoms. The summed E-state index contributed by atoms with van der Waals surface area (Å²) in [6.45, 7) is 3.15. The van der Waals surface area contributed by atoms with Gasteiger partial charge in [-0.05, 0) is 30.2 Å². The number of nitrogens with one attached hydrogen (secondary N) is 2. The van der Waals surface area contributed by atoms with Crippen molar-refractivity contribution in [3.05, 3.63) is 64.7 Å². The highest BCUT2D eigenvalue weighted by atomic mass is 35.5. The molecule has 1 aromatic heterocycles. The lowest BCUT2D eigenvalue weighted by Crippen LogP contribution is -2.19. The van der Waals surface area contributed by atoms with Crippen molar-refractivity contribution >= 4 is 51.4 Å². The van der Waals surface area contributed by atoms with Crippen molar-refractivity contribution < 1.29 is 9.53 Å². The molecule has 0 radical (unpaired) electrons. The van der Waals surface area contributed by atoms with Crippen LogP contribution in [0.3, 0.4) is 0 Å². The van der Waals surface area contributed by atoms with Crippen LogP contribution in [0.15, 0.2) is 52.9 Å². The van der Waals surface area contributed by atoms with Gasteiger partial charge in [-0.1, -0.05) is 71.1 Å². The Bertz CT molecular complexity index is 953. The van der Waals surface area contributed by atoms with Crippen molar-refractivity contribution in [1.29, 1.82) is 0 Å². The number of rotatable bonds is 9. The second-order valence-electron chi connectivity index (χ2n) is 6.15. The number of methoxy groups -OCH3 is 1. The van der Waals surface area contributed by atoms with Gasteiger partial charge in [-0.15, -0.1) is 10.2 Å². The molecule has 0 saturated carbocycles. The fraction of sp³-hybridized carbons (Fsp3) is 0.250. The van der Waals surface area contributed by atoms with E-state index >= 15 is 0 Å². The minimum absolute atomic E-state index is 0.148. The predicted molar refractivity (Wildman–Crippen MR) is 120 cm³/mol. The summed E-state index contributed by atoms with van der Waals surface area (Å²) >= 11 is 8.96. The maximum Gasteiger partial charge on any atom is 0.242 e. The number of hydrogen-bond donors (Lipinski definition) is 2. The highest BCUT2D eigenvalue weighted by molar-refractivity contribution is 8.02. The molecule has 0 aliphatic rings. The number of carbonyl (C=O) groups excluding carboxylic acids is 1. The second kappa shape index (κ2) is 10.6. The highest BCUT2D eigenvalue weighted by Crippen LogP contribution is 2.38. The Morgan fingerprint density at radius 2 is 2.03 bits per heavy atom. The van der Waals surface area contributed by atoms with Crippen LogP contribution >= 0.6 is 34.7 Å². The van der Waals surface area contributed by atoms with Gasteiger partial charge in [-0.3, -0.25) is 4.79 Å². The Morgan fingerprint density at radius 1 is 1.24 bits per heavy atom. The first-order valence-corrected chi connectivity index (χ1v) is 11.0. The fourth-order valence-corrected chi connectivity index (χ4v) is 4.62. The van der Waals surface area contributed by atoms with E-state index in [4.69, 9.17) is 16.3 Å². The molecular weight excluding hydrogens is 428 g/mol. The van der Waals surface area contributed by atoms with Crippen molar-refractivity contribution in [2.24, 2.45) is 0 Å². The number of amides is 1. The summed E-state index contributed by atoms with van der Waals surface area (Å²) in [5, 5.41) is 15.3. The van der Waals surface area contributed by atoms with Crippen LogP contribution in [-0.2, 0) is 9.53 Å². The molecule has 1 heterocycles. The number of anilines is 2. The maximum atomic E-state index is 13.1. The van der Waals surface area contributed by atoms with Crippen molar-refractivity contribution in [1.82, 2.24) is 10.2 Å². The first-order valence-electron chi connectivity index (χ1n) is 8.91. The minimum atomic E-state index is -0.476. The summed E-state index contributed by atoms with van der Waals surface area (Å²) in [4.78, 5) is 13.1. The van der Waals surface area contributed by atoms with Crippen LogP contribution in [-0.4, -0.2) is 36.4 Å². The lowest BCUT2D eigenvalue weighted by atomic mass is 10.1. The molecule has 29 heavy (non-hydrogen) atoms. The topological polar surface area (TPSA) is 76.1 Å². The number of aromatic nitrogens is 2. The van der Waals surface area contributed by atoms with Crippen LogP contribution < -0.4 is 10.6 Å². The van der Waals surface area contributed by atoms with E-state index in [1.807, 2.05) is 49.4 Å². The molecule has 0 saturated heterocycles. The number of benzene rings is 2. The van der Waals surface area contributed by atoms with Crippen LogP contribution in [0.1, 0.15) is 16.4 Å². The number of hydrogen-bond acceptors (Lipinski definition) is 7. The van der Waals surface area contributed by atoms with Crippen LogP contribution in [0.4, 0.5) is 10.8 Å². The molecule has 0 bridgehead atoms. The number of halogens is 1. The van der Waals surface area contributed by atoms with Crippen molar-refractivity contribution in [2.45, 2.75) is 16.5 Å². The molecule has 2 aromatic carbocycles. The second-order valence-corrected chi connectivity index (χ2v) is 8.89. The first kappa shape index (κ1) is 21.6. The molecule has 152 valence electrons. The Kier molecular flexibility index (Phi) is 7.88. The molecule has 2 N–H and O–H groups in total. The molecule has 1 amide bonds. The van der Waals surface area contributed by atoms with Crippen molar-refractivity contribution in [3.8, 4) is 0 Å². The number of ether oxygens (including phenoxy) is 1. The largest absolute Gasteiger partial charge is 0.383 e. The van der Waals surface area contributed by atoms with Gasteiger partial charge >= 0.3 is 0 Å². The Morgan fingerprint density at radius 3 is 2.76 bits per heavy atom. The number of thioether (sulfide) groups is 1. The monoisotopic (exact) mass is 448 g/mol. The molecule has 3 aromatic rings. The van der Waals surface area contributed by atoms with Crippen molar-refractivity contribution in [2.75, 3.05) is 30.9 Å². The summed E-state index contributed by atoms with van der Waals surface area (Å²) in [6.07, 6.45) is 0. The van der Waals surface area contributed by atoms with E-state index in [0.29, 0.717) is 33.3 Å². The van der Waals surface area contributed by atoms with Crippen LogP contribution in [0.25, 0.3) is 0 Å². The van der Waals surface area contributed by atoms with Gasteiger partial charge in [0.1, 0.15) is 5.25 Å². The summed E-state index contributed by atoms with van der Waals surface area (Å²) in [5.41, 5.74) is 2.50. The molecule has 6 nitrogen and oxygen atoms in total.